The molecule has 1 atom stereocenters. The third-order valence-electron chi connectivity index (χ3n) is 4.83. The molecule has 2 heterocycles. The summed E-state index contributed by atoms with van der Waals surface area (Å²) < 4.78 is 42.2. The molecule has 2 aromatic carbocycles. The Balaban J connectivity index is 1.41. The van der Waals surface area contributed by atoms with Crippen LogP contribution in [-0.4, -0.2) is 31.1 Å². The molecule has 1 aromatic heterocycles. The van der Waals surface area contributed by atoms with Crippen LogP contribution in [0, 0.1) is 5.82 Å². The van der Waals surface area contributed by atoms with Crippen molar-refractivity contribution in [2.75, 3.05) is 11.5 Å². The monoisotopic (exact) mass is 445 g/mol. The van der Waals surface area contributed by atoms with E-state index < -0.39 is 9.84 Å². The van der Waals surface area contributed by atoms with Crippen LogP contribution in [0.1, 0.15) is 22.5 Å². The molecule has 1 N–H and O–H groups in total. The zero-order valence-corrected chi connectivity index (χ0v) is 17.6. The number of carbonyl (C=O) groups is 1. The summed E-state index contributed by atoms with van der Waals surface area (Å²) in [5.74, 6) is 0.954. The van der Waals surface area contributed by atoms with Crippen LogP contribution in [0.4, 0.5) is 4.39 Å². The molecule has 1 aliphatic rings. The van der Waals surface area contributed by atoms with Gasteiger partial charge in [-0.15, -0.1) is 11.8 Å². The second-order valence-corrected chi connectivity index (χ2v) is 10.7. The molecule has 0 radical (unpaired) electrons. The van der Waals surface area contributed by atoms with Crippen molar-refractivity contribution in [2.24, 2.45) is 0 Å². The summed E-state index contributed by atoms with van der Waals surface area (Å²) in [6, 6.07) is 16.7. The fourth-order valence-corrected chi connectivity index (χ4v) is 6.92. The van der Waals surface area contributed by atoms with Gasteiger partial charge < -0.3 is 9.73 Å². The summed E-state index contributed by atoms with van der Waals surface area (Å²) in [7, 11) is -2.97. The Kier molecular flexibility index (Phi) is 5.97. The summed E-state index contributed by atoms with van der Waals surface area (Å²) >= 11 is 1.44. The van der Waals surface area contributed by atoms with Gasteiger partial charge in [0.25, 0.3) is 5.91 Å². The van der Waals surface area contributed by atoms with Crippen LogP contribution in [0.25, 0.3) is 11.3 Å². The molecule has 3 aromatic rings. The van der Waals surface area contributed by atoms with Gasteiger partial charge in [-0.1, -0.05) is 12.1 Å². The van der Waals surface area contributed by atoms with Crippen molar-refractivity contribution < 1.29 is 22.0 Å². The van der Waals surface area contributed by atoms with E-state index in [1.807, 2.05) is 12.1 Å². The molecule has 5 nitrogen and oxygen atoms in total. The van der Waals surface area contributed by atoms with Crippen LogP contribution in [0.15, 0.2) is 70.0 Å². The van der Waals surface area contributed by atoms with E-state index in [-0.39, 0.29) is 35.0 Å². The highest BCUT2D eigenvalue weighted by atomic mass is 32.2. The predicted molar refractivity (Wildman–Crippen MR) is 115 cm³/mol. The number of rotatable bonds is 6. The maximum Gasteiger partial charge on any atom is 0.252 e. The van der Waals surface area contributed by atoms with Crippen LogP contribution in [0.2, 0.25) is 0 Å². The minimum absolute atomic E-state index is 0.0349. The average molecular weight is 446 g/mol. The van der Waals surface area contributed by atoms with Gasteiger partial charge in [0.05, 0.1) is 23.6 Å². The van der Waals surface area contributed by atoms with E-state index in [0.717, 1.165) is 10.5 Å². The van der Waals surface area contributed by atoms with E-state index in [9.17, 15) is 17.6 Å². The molecule has 30 heavy (non-hydrogen) atoms. The zero-order valence-electron chi connectivity index (χ0n) is 16.0. The Labute approximate surface area is 178 Å². The van der Waals surface area contributed by atoms with Gasteiger partial charge in [-0.3, -0.25) is 4.79 Å². The first-order valence-corrected chi connectivity index (χ1v) is 12.2. The van der Waals surface area contributed by atoms with Gasteiger partial charge >= 0.3 is 0 Å². The maximum atomic E-state index is 13.1. The lowest BCUT2D eigenvalue weighted by atomic mass is 10.2. The molecule has 8 heteroatoms. The number of benzene rings is 2. The summed E-state index contributed by atoms with van der Waals surface area (Å²) in [5.41, 5.74) is 1.26. The highest BCUT2D eigenvalue weighted by Gasteiger charge is 2.29. The Morgan fingerprint density at radius 3 is 2.60 bits per heavy atom. The molecule has 0 spiro atoms. The van der Waals surface area contributed by atoms with Crippen LogP contribution in [0.5, 0.6) is 0 Å². The number of furan rings is 1. The Bertz CT molecular complexity index is 1160. The molecule has 1 unspecified atom stereocenters. The number of hydrogen-bond acceptors (Lipinski definition) is 5. The van der Waals surface area contributed by atoms with E-state index in [2.05, 4.69) is 5.32 Å². The van der Waals surface area contributed by atoms with E-state index in [1.54, 1.807) is 36.4 Å². The Morgan fingerprint density at radius 2 is 1.87 bits per heavy atom. The van der Waals surface area contributed by atoms with E-state index in [0.29, 0.717) is 23.5 Å². The summed E-state index contributed by atoms with van der Waals surface area (Å²) in [6.45, 7) is 0.205. The highest BCUT2D eigenvalue weighted by Crippen LogP contribution is 2.33. The third-order valence-corrected chi connectivity index (χ3v) is 8.15. The molecular weight excluding hydrogens is 425 g/mol. The fraction of sp³-hybridized carbons (Fsp3) is 0.227. The number of sulfone groups is 1. The lowest BCUT2D eigenvalue weighted by molar-refractivity contribution is 0.0945. The van der Waals surface area contributed by atoms with Crippen molar-refractivity contribution in [3.8, 4) is 11.3 Å². The standard InChI is InChI=1S/C22H20FNO4S2/c23-16-7-5-15(6-8-16)20-10-9-17(28-20)13-24-22(25)19-3-1-2-4-21(19)29-18-11-12-30(26,27)14-18/h1-10,18H,11-14H2,(H,24,25). The van der Waals surface area contributed by atoms with Gasteiger partial charge in [0.2, 0.25) is 0 Å². The molecule has 0 bridgehead atoms. The number of halogens is 1. The lowest BCUT2D eigenvalue weighted by Gasteiger charge is -2.12. The first-order chi connectivity index (χ1) is 14.4. The number of amides is 1. The molecule has 0 aliphatic carbocycles. The summed E-state index contributed by atoms with van der Waals surface area (Å²) in [4.78, 5) is 13.5. The smallest absolute Gasteiger partial charge is 0.252 e. The number of thioether (sulfide) groups is 1. The van der Waals surface area contributed by atoms with Crippen molar-refractivity contribution in [3.63, 3.8) is 0 Å². The van der Waals surface area contributed by atoms with Crippen molar-refractivity contribution in [1.29, 1.82) is 0 Å². The first kappa shape index (κ1) is 20.7. The molecule has 4 rings (SSSR count). The summed E-state index contributed by atoms with van der Waals surface area (Å²) in [5, 5.41) is 2.81. The van der Waals surface area contributed by atoms with E-state index in [1.165, 1.54) is 23.9 Å². The van der Waals surface area contributed by atoms with Gasteiger partial charge in [-0.05, 0) is 55.0 Å². The predicted octanol–water partition coefficient (Wildman–Crippen LogP) is 4.29. The first-order valence-electron chi connectivity index (χ1n) is 9.48. The van der Waals surface area contributed by atoms with Gasteiger partial charge in [0, 0.05) is 15.7 Å². The quantitative estimate of drug-likeness (QED) is 0.612. The van der Waals surface area contributed by atoms with Crippen LogP contribution in [0.3, 0.4) is 0 Å². The van der Waals surface area contributed by atoms with Crippen molar-refractivity contribution >= 4 is 27.5 Å². The molecule has 1 aliphatic heterocycles. The number of hydrogen-bond donors (Lipinski definition) is 1. The molecule has 156 valence electrons. The van der Waals surface area contributed by atoms with Gasteiger partial charge in [0.1, 0.15) is 17.3 Å². The molecule has 1 fully saturated rings. The number of carbonyl (C=O) groups excluding carboxylic acids is 1. The second kappa shape index (κ2) is 8.65. The molecule has 1 amide bonds. The topological polar surface area (TPSA) is 76.4 Å². The maximum absolute atomic E-state index is 13.1. The minimum atomic E-state index is -2.97. The van der Waals surface area contributed by atoms with E-state index >= 15 is 0 Å². The van der Waals surface area contributed by atoms with Crippen LogP contribution in [-0.2, 0) is 16.4 Å². The lowest BCUT2D eigenvalue weighted by Crippen LogP contribution is -2.23. The Hall–Kier alpha value is -2.58. The minimum Gasteiger partial charge on any atom is -0.459 e. The molecule has 0 saturated carbocycles. The van der Waals surface area contributed by atoms with Crippen molar-refractivity contribution in [3.05, 3.63) is 77.8 Å². The fourth-order valence-electron chi connectivity index (χ4n) is 3.30. The summed E-state index contributed by atoms with van der Waals surface area (Å²) in [6.07, 6.45) is 0.599. The van der Waals surface area contributed by atoms with Gasteiger partial charge in [-0.2, -0.15) is 0 Å². The average Bonchev–Trinajstić information content (AvgIpc) is 3.33. The normalized spacial score (nSPS) is 17.7. The highest BCUT2D eigenvalue weighted by molar-refractivity contribution is 8.02. The van der Waals surface area contributed by atoms with Crippen LogP contribution >= 0.6 is 11.8 Å². The number of nitrogens with one attached hydrogen (secondary N) is 1. The largest absolute Gasteiger partial charge is 0.459 e. The molecular formula is C22H20FNO4S2. The second-order valence-electron chi connectivity index (χ2n) is 7.09. The third kappa shape index (κ3) is 4.94. The molecule has 1 saturated heterocycles. The van der Waals surface area contributed by atoms with Crippen LogP contribution < -0.4 is 5.32 Å². The van der Waals surface area contributed by atoms with Gasteiger partial charge in [0.15, 0.2) is 9.84 Å². The van der Waals surface area contributed by atoms with Crippen molar-refractivity contribution in [2.45, 2.75) is 23.1 Å². The van der Waals surface area contributed by atoms with Crippen molar-refractivity contribution in [1.82, 2.24) is 5.32 Å². The Morgan fingerprint density at radius 1 is 1.10 bits per heavy atom. The van der Waals surface area contributed by atoms with Gasteiger partial charge in [-0.25, -0.2) is 12.8 Å². The zero-order chi connectivity index (χ0) is 21.1. The van der Waals surface area contributed by atoms with E-state index in [4.69, 9.17) is 4.42 Å². The SMILES string of the molecule is O=C(NCc1ccc(-c2ccc(F)cc2)o1)c1ccccc1SC1CCS(=O)(=O)C1.